The molecule has 0 aliphatic carbocycles. The van der Waals surface area contributed by atoms with Crippen LogP contribution < -0.4 is 5.43 Å². The van der Waals surface area contributed by atoms with Crippen molar-refractivity contribution >= 4 is 28.4 Å². The largest absolute Gasteiger partial charge is 0.269 e. The lowest BCUT2D eigenvalue weighted by Gasteiger charge is -1.96. The quantitative estimate of drug-likeness (QED) is 0.517. The van der Waals surface area contributed by atoms with E-state index in [2.05, 4.69) is 15.5 Å². The van der Waals surface area contributed by atoms with Crippen molar-refractivity contribution in [2.75, 3.05) is 5.43 Å². The van der Waals surface area contributed by atoms with Crippen LogP contribution in [-0.4, -0.2) is 16.1 Å². The van der Waals surface area contributed by atoms with Crippen LogP contribution in [0.2, 0.25) is 0 Å². The van der Waals surface area contributed by atoms with Crippen LogP contribution in [-0.2, 0) is 0 Å². The molecule has 0 bridgehead atoms. The molecule has 0 saturated carbocycles. The summed E-state index contributed by atoms with van der Waals surface area (Å²) >= 11 is 1.42. The minimum atomic E-state index is -0.423. The first-order chi connectivity index (χ1) is 9.70. The lowest BCUT2D eigenvalue weighted by molar-refractivity contribution is -0.384. The molecular weight excluding hydrogens is 276 g/mol. The van der Waals surface area contributed by atoms with Crippen LogP contribution in [0.15, 0.2) is 46.9 Å². The Morgan fingerprint density at radius 1 is 1.40 bits per heavy atom. The van der Waals surface area contributed by atoms with E-state index in [0.717, 1.165) is 11.3 Å². The van der Waals surface area contributed by atoms with Crippen LogP contribution in [0.1, 0.15) is 6.92 Å². The van der Waals surface area contributed by atoms with Gasteiger partial charge in [0, 0.05) is 29.3 Å². The molecular formula is C13H12N4O2S. The number of allylic oxidation sites excluding steroid dienone is 2. The van der Waals surface area contributed by atoms with Crippen molar-refractivity contribution < 1.29 is 4.92 Å². The maximum absolute atomic E-state index is 10.6. The fraction of sp³-hybridized carbons (Fsp3) is 0.0769. The van der Waals surface area contributed by atoms with Gasteiger partial charge < -0.3 is 0 Å². The van der Waals surface area contributed by atoms with Gasteiger partial charge in [0.05, 0.1) is 10.6 Å². The van der Waals surface area contributed by atoms with Gasteiger partial charge in [-0.1, -0.05) is 6.08 Å². The molecule has 0 aliphatic heterocycles. The molecule has 1 N–H and O–H groups in total. The van der Waals surface area contributed by atoms with Crippen LogP contribution in [0.25, 0.3) is 11.3 Å². The second-order valence-corrected chi connectivity index (χ2v) is 4.62. The van der Waals surface area contributed by atoms with Gasteiger partial charge in [-0.2, -0.15) is 5.10 Å². The topological polar surface area (TPSA) is 80.4 Å². The van der Waals surface area contributed by atoms with E-state index in [9.17, 15) is 10.1 Å². The maximum Gasteiger partial charge on any atom is 0.269 e. The average Bonchev–Trinajstić information content (AvgIpc) is 2.92. The van der Waals surface area contributed by atoms with E-state index in [4.69, 9.17) is 0 Å². The number of hydrazone groups is 1. The molecule has 20 heavy (non-hydrogen) atoms. The summed E-state index contributed by atoms with van der Waals surface area (Å²) in [5, 5.41) is 17.1. The Morgan fingerprint density at radius 3 is 2.80 bits per heavy atom. The zero-order valence-electron chi connectivity index (χ0n) is 10.7. The number of non-ortho nitro benzene ring substituents is 1. The second kappa shape index (κ2) is 6.58. The lowest BCUT2D eigenvalue weighted by Crippen LogP contribution is -1.88. The lowest BCUT2D eigenvalue weighted by atomic mass is 10.1. The van der Waals surface area contributed by atoms with Crippen molar-refractivity contribution in [2.45, 2.75) is 6.92 Å². The highest BCUT2D eigenvalue weighted by Crippen LogP contribution is 2.26. The normalized spacial score (nSPS) is 11.2. The standard InChI is InChI=1S/C13H12N4O2S/c1-2-3-8-14-16-13-15-12(9-20-13)10-4-6-11(7-5-10)17(18)19/h2-9H,1H3,(H,15,16)/b3-2+,14-8-. The molecule has 2 aromatic rings. The number of nitrogens with one attached hydrogen (secondary N) is 1. The molecule has 0 spiro atoms. The molecule has 0 amide bonds. The fourth-order valence-electron chi connectivity index (χ4n) is 1.43. The summed E-state index contributed by atoms with van der Waals surface area (Å²) in [6.45, 7) is 1.90. The molecule has 6 nitrogen and oxygen atoms in total. The Hall–Kier alpha value is -2.54. The van der Waals surface area contributed by atoms with Crippen LogP contribution >= 0.6 is 11.3 Å². The Bertz CT molecular complexity index is 647. The number of hydrogen-bond donors (Lipinski definition) is 1. The van der Waals surface area contributed by atoms with E-state index >= 15 is 0 Å². The summed E-state index contributed by atoms with van der Waals surface area (Å²) in [4.78, 5) is 14.5. The van der Waals surface area contributed by atoms with E-state index in [1.165, 1.54) is 23.5 Å². The number of anilines is 1. The van der Waals surface area contributed by atoms with Gasteiger partial charge in [-0.25, -0.2) is 4.98 Å². The highest BCUT2D eigenvalue weighted by molar-refractivity contribution is 7.14. The van der Waals surface area contributed by atoms with E-state index in [1.54, 1.807) is 24.4 Å². The van der Waals surface area contributed by atoms with Crippen LogP contribution in [0.3, 0.4) is 0 Å². The molecule has 0 aliphatic rings. The summed E-state index contributed by atoms with van der Waals surface area (Å²) in [5.41, 5.74) is 4.47. The zero-order chi connectivity index (χ0) is 14.4. The van der Waals surface area contributed by atoms with Crippen molar-refractivity contribution in [3.8, 4) is 11.3 Å². The van der Waals surface area contributed by atoms with Gasteiger partial charge >= 0.3 is 0 Å². The number of hydrogen-bond acceptors (Lipinski definition) is 6. The molecule has 0 unspecified atom stereocenters. The first kappa shape index (κ1) is 13.9. The number of rotatable bonds is 5. The highest BCUT2D eigenvalue weighted by atomic mass is 32.1. The molecule has 7 heteroatoms. The molecule has 0 saturated heterocycles. The number of nitro benzene ring substituents is 1. The first-order valence-corrected chi connectivity index (χ1v) is 6.69. The Kier molecular flexibility index (Phi) is 4.56. The molecule has 1 heterocycles. The summed E-state index contributed by atoms with van der Waals surface area (Å²) in [6.07, 6.45) is 5.31. The van der Waals surface area contributed by atoms with E-state index in [0.29, 0.717) is 5.13 Å². The van der Waals surface area contributed by atoms with Crippen molar-refractivity contribution in [3.63, 3.8) is 0 Å². The van der Waals surface area contributed by atoms with Gasteiger partial charge in [0.25, 0.3) is 5.69 Å². The van der Waals surface area contributed by atoms with Gasteiger partial charge in [0.1, 0.15) is 0 Å². The first-order valence-electron chi connectivity index (χ1n) is 5.81. The predicted octanol–water partition coefficient (Wildman–Crippen LogP) is 3.69. The SMILES string of the molecule is C/C=C/C=N\Nc1nc(-c2ccc([N+](=O)[O-])cc2)cs1. The van der Waals surface area contributed by atoms with Crippen molar-refractivity contribution in [2.24, 2.45) is 5.10 Å². The second-order valence-electron chi connectivity index (χ2n) is 3.76. The molecule has 0 fully saturated rings. The maximum atomic E-state index is 10.6. The van der Waals surface area contributed by atoms with Gasteiger partial charge in [0.2, 0.25) is 5.13 Å². The molecule has 102 valence electrons. The Balaban J connectivity index is 2.10. The third-order valence-corrected chi connectivity index (χ3v) is 3.14. The highest BCUT2D eigenvalue weighted by Gasteiger charge is 2.07. The van der Waals surface area contributed by atoms with Crippen molar-refractivity contribution in [1.82, 2.24) is 4.98 Å². The van der Waals surface area contributed by atoms with Crippen molar-refractivity contribution in [3.05, 3.63) is 51.9 Å². The van der Waals surface area contributed by atoms with Crippen LogP contribution in [0, 0.1) is 10.1 Å². The summed E-state index contributed by atoms with van der Waals surface area (Å²) < 4.78 is 0. The number of thiazole rings is 1. The van der Waals surface area contributed by atoms with E-state index < -0.39 is 4.92 Å². The molecule has 0 radical (unpaired) electrons. The smallest absolute Gasteiger partial charge is 0.258 e. The minimum Gasteiger partial charge on any atom is -0.258 e. The molecule has 0 atom stereocenters. The van der Waals surface area contributed by atoms with Gasteiger partial charge in [-0.3, -0.25) is 15.5 Å². The van der Waals surface area contributed by atoms with Gasteiger partial charge in [0.15, 0.2) is 0 Å². The average molecular weight is 288 g/mol. The molecule has 1 aromatic heterocycles. The number of benzene rings is 1. The molecule has 1 aromatic carbocycles. The number of nitro groups is 1. The number of nitrogens with zero attached hydrogens (tertiary/aromatic N) is 3. The van der Waals surface area contributed by atoms with Crippen LogP contribution in [0.5, 0.6) is 0 Å². The summed E-state index contributed by atoms with van der Waals surface area (Å²) in [5.74, 6) is 0. The van der Waals surface area contributed by atoms with E-state index in [-0.39, 0.29) is 5.69 Å². The van der Waals surface area contributed by atoms with Crippen molar-refractivity contribution in [1.29, 1.82) is 0 Å². The zero-order valence-corrected chi connectivity index (χ0v) is 11.5. The Labute approximate surface area is 119 Å². The third-order valence-electron chi connectivity index (χ3n) is 2.39. The third kappa shape index (κ3) is 3.48. The fourth-order valence-corrected chi connectivity index (χ4v) is 2.10. The number of aromatic nitrogens is 1. The summed E-state index contributed by atoms with van der Waals surface area (Å²) in [6, 6.07) is 6.29. The Morgan fingerprint density at radius 2 is 2.15 bits per heavy atom. The minimum absolute atomic E-state index is 0.0679. The molecule has 2 rings (SSSR count). The predicted molar refractivity (Wildman–Crippen MR) is 81.1 cm³/mol. The summed E-state index contributed by atoms with van der Waals surface area (Å²) in [7, 11) is 0. The van der Waals surface area contributed by atoms with Gasteiger partial charge in [-0.05, 0) is 25.1 Å². The monoisotopic (exact) mass is 288 g/mol. The van der Waals surface area contributed by atoms with Crippen LogP contribution in [0.4, 0.5) is 10.8 Å². The van der Waals surface area contributed by atoms with Gasteiger partial charge in [-0.15, -0.1) is 11.3 Å². The van der Waals surface area contributed by atoms with E-state index in [1.807, 2.05) is 18.4 Å².